The number of benzene rings is 1. The summed E-state index contributed by atoms with van der Waals surface area (Å²) in [5.41, 5.74) is 0.468. The van der Waals surface area contributed by atoms with E-state index in [1.54, 1.807) is 12.1 Å². The van der Waals surface area contributed by atoms with Crippen molar-refractivity contribution < 1.29 is 23.5 Å². The number of ether oxygens (including phenoxy) is 1. The lowest BCUT2D eigenvalue weighted by molar-refractivity contribution is -0.151. The van der Waals surface area contributed by atoms with E-state index in [1.807, 2.05) is 6.07 Å². The van der Waals surface area contributed by atoms with Crippen LogP contribution in [0.2, 0.25) is 5.02 Å². The van der Waals surface area contributed by atoms with Crippen molar-refractivity contribution >= 4 is 35.1 Å². The molecule has 1 aliphatic rings. The molecule has 1 N–H and O–H groups in total. The Balaban J connectivity index is 1.50. The number of anilines is 1. The van der Waals surface area contributed by atoms with E-state index in [0.717, 1.165) is 0 Å². The highest BCUT2D eigenvalue weighted by molar-refractivity contribution is 6.31. The lowest BCUT2D eigenvalue weighted by Gasteiger charge is -2.14. The minimum Gasteiger partial charge on any atom is -0.467 e. The van der Waals surface area contributed by atoms with Gasteiger partial charge in [-0.15, -0.1) is 0 Å². The molecule has 0 saturated carbocycles. The summed E-state index contributed by atoms with van der Waals surface area (Å²) in [6.07, 6.45) is 1.53. The Labute approximate surface area is 165 Å². The van der Waals surface area contributed by atoms with Crippen LogP contribution >= 0.6 is 11.6 Å². The number of rotatable bonds is 6. The SMILES string of the molecule is N#Cc1ccc(Cl)cc1NC(=O)COC(=O)[C@@H]1CC(=O)N(Cc2ccco2)C1. The summed E-state index contributed by atoms with van der Waals surface area (Å²) in [6.45, 7) is -0.0479. The third-order valence-corrected chi connectivity index (χ3v) is 4.43. The van der Waals surface area contributed by atoms with Crippen molar-refractivity contribution in [1.29, 1.82) is 5.26 Å². The number of likely N-dealkylation sites (tertiary alicyclic amines) is 1. The molecule has 9 heteroatoms. The van der Waals surface area contributed by atoms with Gasteiger partial charge in [0.15, 0.2) is 6.61 Å². The molecule has 1 aliphatic heterocycles. The van der Waals surface area contributed by atoms with Crippen molar-refractivity contribution in [1.82, 2.24) is 4.90 Å². The van der Waals surface area contributed by atoms with E-state index in [0.29, 0.717) is 10.8 Å². The Kier molecular flexibility index (Phi) is 5.96. The average Bonchev–Trinajstić information content (AvgIpc) is 3.30. The molecule has 28 heavy (non-hydrogen) atoms. The summed E-state index contributed by atoms with van der Waals surface area (Å²) in [6, 6.07) is 9.83. The largest absolute Gasteiger partial charge is 0.467 e. The van der Waals surface area contributed by atoms with Gasteiger partial charge in [0, 0.05) is 18.0 Å². The van der Waals surface area contributed by atoms with Crippen LogP contribution in [0.3, 0.4) is 0 Å². The van der Waals surface area contributed by atoms with Crippen LogP contribution in [0.4, 0.5) is 5.69 Å². The van der Waals surface area contributed by atoms with Crippen LogP contribution in [0.5, 0.6) is 0 Å². The predicted octanol–water partition coefficient (Wildman–Crippen LogP) is 2.34. The van der Waals surface area contributed by atoms with Gasteiger partial charge in [-0.1, -0.05) is 11.6 Å². The summed E-state index contributed by atoms with van der Waals surface area (Å²) in [7, 11) is 0. The van der Waals surface area contributed by atoms with Gasteiger partial charge < -0.3 is 19.4 Å². The fourth-order valence-electron chi connectivity index (χ4n) is 2.83. The second-order valence-corrected chi connectivity index (χ2v) is 6.65. The first-order chi connectivity index (χ1) is 13.5. The number of amides is 2. The molecule has 0 spiro atoms. The number of carbonyl (C=O) groups excluding carboxylic acids is 3. The fraction of sp³-hybridized carbons (Fsp3) is 0.263. The monoisotopic (exact) mass is 401 g/mol. The summed E-state index contributed by atoms with van der Waals surface area (Å²) in [4.78, 5) is 37.8. The molecule has 3 rings (SSSR count). The molecular weight excluding hydrogens is 386 g/mol. The predicted molar refractivity (Wildman–Crippen MR) is 98.0 cm³/mol. The van der Waals surface area contributed by atoms with E-state index < -0.39 is 24.4 Å². The number of furan rings is 1. The van der Waals surface area contributed by atoms with Gasteiger partial charge in [0.25, 0.3) is 5.91 Å². The maximum absolute atomic E-state index is 12.2. The Hall–Kier alpha value is -3.31. The minimum absolute atomic E-state index is 0.0219. The van der Waals surface area contributed by atoms with Gasteiger partial charge in [-0.3, -0.25) is 14.4 Å². The molecule has 1 fully saturated rings. The molecular formula is C19H16ClN3O5. The number of nitrogens with one attached hydrogen (secondary N) is 1. The molecule has 2 aromatic rings. The maximum atomic E-state index is 12.2. The van der Waals surface area contributed by atoms with Gasteiger partial charge in [-0.2, -0.15) is 5.26 Å². The van der Waals surface area contributed by atoms with Crippen LogP contribution in [-0.4, -0.2) is 35.8 Å². The zero-order valence-corrected chi connectivity index (χ0v) is 15.4. The van der Waals surface area contributed by atoms with E-state index in [4.69, 9.17) is 26.0 Å². The summed E-state index contributed by atoms with van der Waals surface area (Å²) in [5, 5.41) is 11.9. The Morgan fingerprint density at radius 3 is 2.93 bits per heavy atom. The third-order valence-electron chi connectivity index (χ3n) is 4.20. The second-order valence-electron chi connectivity index (χ2n) is 6.21. The lowest BCUT2D eigenvalue weighted by Crippen LogP contribution is -2.28. The lowest BCUT2D eigenvalue weighted by atomic mass is 10.1. The van der Waals surface area contributed by atoms with Gasteiger partial charge in [-0.25, -0.2) is 0 Å². The average molecular weight is 402 g/mol. The zero-order chi connectivity index (χ0) is 20.1. The molecule has 0 bridgehead atoms. The minimum atomic E-state index is -0.642. The van der Waals surface area contributed by atoms with E-state index in [-0.39, 0.29) is 36.7 Å². The van der Waals surface area contributed by atoms with Crippen LogP contribution in [0.1, 0.15) is 17.7 Å². The highest BCUT2D eigenvalue weighted by Gasteiger charge is 2.35. The first-order valence-corrected chi connectivity index (χ1v) is 8.80. The van der Waals surface area contributed by atoms with Crippen LogP contribution in [0.25, 0.3) is 0 Å². The Bertz CT molecular complexity index is 936. The maximum Gasteiger partial charge on any atom is 0.311 e. The summed E-state index contributed by atoms with van der Waals surface area (Å²) in [5.74, 6) is -1.44. The van der Waals surface area contributed by atoms with Crippen molar-refractivity contribution in [2.45, 2.75) is 13.0 Å². The van der Waals surface area contributed by atoms with Crippen molar-refractivity contribution in [2.24, 2.45) is 5.92 Å². The third kappa shape index (κ3) is 4.69. The molecule has 1 saturated heterocycles. The first kappa shape index (κ1) is 19.5. The number of hydrogen-bond acceptors (Lipinski definition) is 6. The number of nitriles is 1. The molecule has 2 heterocycles. The second kappa shape index (κ2) is 8.59. The van der Waals surface area contributed by atoms with Crippen molar-refractivity contribution in [3.8, 4) is 6.07 Å². The van der Waals surface area contributed by atoms with Gasteiger partial charge in [0.1, 0.15) is 11.8 Å². The molecule has 8 nitrogen and oxygen atoms in total. The normalized spacial score (nSPS) is 15.9. The van der Waals surface area contributed by atoms with E-state index in [2.05, 4.69) is 5.32 Å². The first-order valence-electron chi connectivity index (χ1n) is 8.42. The fourth-order valence-corrected chi connectivity index (χ4v) is 3.00. The van der Waals surface area contributed by atoms with E-state index in [9.17, 15) is 14.4 Å². The number of hydrogen-bond donors (Lipinski definition) is 1. The highest BCUT2D eigenvalue weighted by Crippen LogP contribution is 2.22. The quantitative estimate of drug-likeness (QED) is 0.743. The van der Waals surface area contributed by atoms with Crippen LogP contribution in [-0.2, 0) is 25.7 Å². The molecule has 0 radical (unpaired) electrons. The Morgan fingerprint density at radius 1 is 1.39 bits per heavy atom. The van der Waals surface area contributed by atoms with Crippen molar-refractivity contribution in [2.75, 3.05) is 18.5 Å². The van der Waals surface area contributed by atoms with Crippen LogP contribution < -0.4 is 5.32 Å². The number of halogens is 1. The van der Waals surface area contributed by atoms with E-state index >= 15 is 0 Å². The molecule has 1 aromatic carbocycles. The summed E-state index contributed by atoms with van der Waals surface area (Å²) < 4.78 is 10.2. The smallest absolute Gasteiger partial charge is 0.311 e. The standard InChI is InChI=1S/C19H16ClN3O5/c20-14-4-3-12(8-21)16(7-14)22-17(24)11-28-19(26)13-6-18(25)23(9-13)10-15-2-1-5-27-15/h1-5,7,13H,6,9-11H2,(H,22,24)/t13-/m1/s1. The Morgan fingerprint density at radius 2 is 2.21 bits per heavy atom. The molecule has 1 aromatic heterocycles. The molecule has 0 aliphatic carbocycles. The highest BCUT2D eigenvalue weighted by atomic mass is 35.5. The van der Waals surface area contributed by atoms with Crippen molar-refractivity contribution in [3.05, 3.63) is 52.9 Å². The van der Waals surface area contributed by atoms with Crippen LogP contribution in [0.15, 0.2) is 41.0 Å². The van der Waals surface area contributed by atoms with Crippen LogP contribution in [0, 0.1) is 17.2 Å². The number of esters is 1. The molecule has 1 atom stereocenters. The van der Waals surface area contributed by atoms with Gasteiger partial charge in [0.05, 0.1) is 30.0 Å². The topological polar surface area (TPSA) is 113 Å². The van der Waals surface area contributed by atoms with E-state index in [1.165, 1.54) is 29.4 Å². The number of carbonyl (C=O) groups is 3. The van der Waals surface area contributed by atoms with Gasteiger partial charge in [-0.05, 0) is 30.3 Å². The number of nitrogens with zero attached hydrogens (tertiary/aromatic N) is 2. The zero-order valence-electron chi connectivity index (χ0n) is 14.7. The van der Waals surface area contributed by atoms with Gasteiger partial charge >= 0.3 is 5.97 Å². The molecule has 144 valence electrons. The van der Waals surface area contributed by atoms with Gasteiger partial charge in [0.2, 0.25) is 5.91 Å². The molecule has 2 amide bonds. The molecule has 0 unspecified atom stereocenters. The summed E-state index contributed by atoms with van der Waals surface area (Å²) >= 11 is 5.86. The van der Waals surface area contributed by atoms with Crippen molar-refractivity contribution in [3.63, 3.8) is 0 Å².